The zero-order valence-electron chi connectivity index (χ0n) is 13.2. The molecule has 0 saturated carbocycles. The fourth-order valence-electron chi connectivity index (χ4n) is 2.21. The molecule has 0 aliphatic heterocycles. The molecule has 3 aromatic rings. The van der Waals surface area contributed by atoms with Gasteiger partial charge in [0.2, 0.25) is 0 Å². The molecule has 2 heterocycles. The molecular weight excluding hydrogens is 346 g/mol. The van der Waals surface area contributed by atoms with Crippen LogP contribution >= 0.6 is 34.9 Å². The minimum atomic E-state index is 0.768. The van der Waals surface area contributed by atoms with Gasteiger partial charge in [0, 0.05) is 12.1 Å². The average Bonchev–Trinajstić information content (AvgIpc) is 3.19. The molecule has 0 radical (unpaired) electrons. The van der Waals surface area contributed by atoms with Crippen LogP contribution in [0.2, 0.25) is 0 Å². The van der Waals surface area contributed by atoms with Gasteiger partial charge in [0.25, 0.3) is 0 Å². The Bertz CT molecular complexity index is 796. The van der Waals surface area contributed by atoms with E-state index in [1.807, 2.05) is 18.4 Å². The number of benzene rings is 1. The minimum absolute atomic E-state index is 0.768. The summed E-state index contributed by atoms with van der Waals surface area (Å²) >= 11 is 4.92. The molecule has 0 amide bonds. The van der Waals surface area contributed by atoms with Crippen LogP contribution in [0.15, 0.2) is 33.8 Å². The van der Waals surface area contributed by atoms with Crippen LogP contribution in [0, 0.1) is 6.92 Å². The predicted molar refractivity (Wildman–Crippen MR) is 97.1 cm³/mol. The molecule has 3 rings (SSSR count). The second-order valence-electron chi connectivity index (χ2n) is 4.82. The van der Waals surface area contributed by atoms with Gasteiger partial charge in [-0.15, -0.1) is 20.4 Å². The van der Waals surface area contributed by atoms with Gasteiger partial charge >= 0.3 is 0 Å². The fraction of sp³-hybridized carbons (Fsp3) is 0.333. The summed E-state index contributed by atoms with van der Waals surface area (Å²) in [6.07, 6.45) is 2.01. The Labute approximate surface area is 147 Å². The number of thioether (sulfide) groups is 2. The topological polar surface area (TPSA) is 56.5 Å². The fourth-order valence-corrected chi connectivity index (χ4v) is 4.51. The summed E-state index contributed by atoms with van der Waals surface area (Å²) in [5.74, 6) is 1.69. The van der Waals surface area contributed by atoms with Crippen LogP contribution in [0.1, 0.15) is 17.5 Å². The highest BCUT2D eigenvalue weighted by atomic mass is 32.2. The first kappa shape index (κ1) is 16.5. The van der Waals surface area contributed by atoms with E-state index in [1.165, 1.54) is 5.56 Å². The van der Waals surface area contributed by atoms with E-state index in [4.69, 9.17) is 0 Å². The third-order valence-corrected chi connectivity index (χ3v) is 6.43. The maximum atomic E-state index is 4.41. The summed E-state index contributed by atoms with van der Waals surface area (Å²) < 4.78 is 3.15. The zero-order chi connectivity index (χ0) is 16.2. The number of aryl methyl sites for hydroxylation is 1. The van der Waals surface area contributed by atoms with E-state index in [9.17, 15) is 0 Å². The van der Waals surface area contributed by atoms with Crippen molar-refractivity contribution in [2.24, 2.45) is 0 Å². The lowest BCUT2D eigenvalue weighted by atomic mass is 10.1. The smallest absolute Gasteiger partial charge is 0.191 e. The van der Waals surface area contributed by atoms with Crippen LogP contribution in [-0.2, 0) is 12.3 Å². The molecule has 0 fully saturated rings. The third-order valence-electron chi connectivity index (χ3n) is 3.37. The lowest BCUT2D eigenvalue weighted by molar-refractivity contribution is 0.687. The summed E-state index contributed by atoms with van der Waals surface area (Å²) in [5, 5.41) is 19.1. The number of hydrogen-bond donors (Lipinski definition) is 0. The molecule has 0 aliphatic rings. The van der Waals surface area contributed by atoms with Crippen LogP contribution in [-0.4, -0.2) is 31.2 Å². The van der Waals surface area contributed by atoms with Crippen molar-refractivity contribution < 1.29 is 0 Å². The van der Waals surface area contributed by atoms with E-state index in [1.54, 1.807) is 34.9 Å². The number of hydrogen-bond acceptors (Lipinski definition) is 7. The summed E-state index contributed by atoms with van der Waals surface area (Å²) in [7, 11) is 0. The van der Waals surface area contributed by atoms with Crippen molar-refractivity contribution >= 4 is 34.9 Å². The first-order valence-electron chi connectivity index (χ1n) is 7.21. The molecule has 120 valence electrons. The van der Waals surface area contributed by atoms with Crippen LogP contribution in [0.25, 0.3) is 11.4 Å². The Morgan fingerprint density at radius 3 is 2.65 bits per heavy atom. The zero-order valence-corrected chi connectivity index (χ0v) is 15.6. The van der Waals surface area contributed by atoms with Gasteiger partial charge in [-0.25, -0.2) is 0 Å². The second kappa shape index (κ2) is 7.46. The monoisotopic (exact) mass is 363 g/mol. The van der Waals surface area contributed by atoms with Crippen LogP contribution in [0.4, 0.5) is 0 Å². The Hall–Kier alpha value is -1.38. The standard InChI is InChI=1S/C15H17N5S3/c1-4-20-13(11-8-6-5-7-10(11)2)17-18-14(20)22-9-12-16-19-15(21-3)23-12/h5-8H,4,9H2,1-3H3. The van der Waals surface area contributed by atoms with Gasteiger partial charge in [0.1, 0.15) is 5.01 Å². The van der Waals surface area contributed by atoms with Crippen molar-refractivity contribution in [1.82, 2.24) is 25.0 Å². The normalized spacial score (nSPS) is 11.1. The molecule has 0 N–H and O–H groups in total. The quantitative estimate of drug-likeness (QED) is 0.614. The molecule has 0 atom stereocenters. The minimum Gasteiger partial charge on any atom is -0.302 e. The number of aromatic nitrogens is 5. The number of nitrogens with zero attached hydrogens (tertiary/aromatic N) is 5. The molecule has 0 aliphatic carbocycles. The highest BCUT2D eigenvalue weighted by molar-refractivity contribution is 8.00. The predicted octanol–water partition coefficient (Wildman–Crippen LogP) is 4.14. The molecule has 0 unspecified atom stereocenters. The highest BCUT2D eigenvalue weighted by Gasteiger charge is 2.15. The Balaban J connectivity index is 1.82. The molecule has 0 bridgehead atoms. The van der Waals surface area contributed by atoms with Crippen molar-refractivity contribution in [3.8, 4) is 11.4 Å². The van der Waals surface area contributed by atoms with Gasteiger partial charge in [-0.3, -0.25) is 0 Å². The van der Waals surface area contributed by atoms with E-state index < -0.39 is 0 Å². The van der Waals surface area contributed by atoms with E-state index in [-0.39, 0.29) is 0 Å². The largest absolute Gasteiger partial charge is 0.302 e. The lowest BCUT2D eigenvalue weighted by Crippen LogP contribution is -2.00. The maximum absolute atomic E-state index is 4.41. The molecule has 2 aromatic heterocycles. The van der Waals surface area contributed by atoms with Crippen LogP contribution in [0.3, 0.4) is 0 Å². The van der Waals surface area contributed by atoms with E-state index >= 15 is 0 Å². The molecule has 23 heavy (non-hydrogen) atoms. The van der Waals surface area contributed by atoms with Crippen molar-refractivity contribution in [2.45, 2.75) is 35.6 Å². The molecule has 0 saturated heterocycles. The van der Waals surface area contributed by atoms with Crippen molar-refractivity contribution in [3.63, 3.8) is 0 Å². The van der Waals surface area contributed by atoms with Crippen LogP contribution < -0.4 is 0 Å². The summed E-state index contributed by atoms with van der Waals surface area (Å²) in [6.45, 7) is 5.05. The van der Waals surface area contributed by atoms with Crippen molar-refractivity contribution in [1.29, 1.82) is 0 Å². The van der Waals surface area contributed by atoms with Crippen molar-refractivity contribution in [3.05, 3.63) is 34.8 Å². The van der Waals surface area contributed by atoms with Gasteiger partial charge < -0.3 is 4.57 Å². The van der Waals surface area contributed by atoms with Gasteiger partial charge in [-0.05, 0) is 25.7 Å². The maximum Gasteiger partial charge on any atom is 0.191 e. The molecule has 0 spiro atoms. The summed E-state index contributed by atoms with van der Waals surface area (Å²) in [4.78, 5) is 0. The average molecular weight is 364 g/mol. The summed E-state index contributed by atoms with van der Waals surface area (Å²) in [5.41, 5.74) is 2.34. The molecule has 1 aromatic carbocycles. The molecule has 5 nitrogen and oxygen atoms in total. The highest BCUT2D eigenvalue weighted by Crippen LogP contribution is 2.29. The third kappa shape index (κ3) is 3.59. The summed E-state index contributed by atoms with van der Waals surface area (Å²) in [6, 6.07) is 8.27. The SMILES string of the molecule is CCn1c(SCc2nnc(SC)s2)nnc1-c1ccccc1C. The molecular formula is C15H17N5S3. The van der Waals surface area contributed by atoms with E-state index in [0.717, 1.165) is 38.2 Å². The van der Waals surface area contributed by atoms with Gasteiger partial charge in [0.05, 0.1) is 5.75 Å². The van der Waals surface area contributed by atoms with Crippen LogP contribution in [0.5, 0.6) is 0 Å². The van der Waals surface area contributed by atoms with Gasteiger partial charge in [0.15, 0.2) is 15.3 Å². The lowest BCUT2D eigenvalue weighted by Gasteiger charge is -2.08. The van der Waals surface area contributed by atoms with Gasteiger partial charge in [-0.2, -0.15) is 0 Å². The van der Waals surface area contributed by atoms with E-state index in [2.05, 4.69) is 50.9 Å². The Morgan fingerprint density at radius 2 is 1.96 bits per heavy atom. The van der Waals surface area contributed by atoms with Crippen molar-refractivity contribution in [2.75, 3.05) is 6.26 Å². The van der Waals surface area contributed by atoms with Gasteiger partial charge in [-0.1, -0.05) is 59.1 Å². The van der Waals surface area contributed by atoms with E-state index in [0.29, 0.717) is 0 Å². The molecule has 8 heteroatoms. The second-order valence-corrected chi connectivity index (χ2v) is 7.88. The number of rotatable bonds is 6. The first-order chi connectivity index (χ1) is 11.2. The Morgan fingerprint density at radius 1 is 1.13 bits per heavy atom. The first-order valence-corrected chi connectivity index (χ1v) is 10.2. The Kier molecular flexibility index (Phi) is 5.34.